The van der Waals surface area contributed by atoms with E-state index in [0.29, 0.717) is 0 Å². The first-order valence-electron chi connectivity index (χ1n) is 8.27. The van der Waals surface area contributed by atoms with Crippen molar-refractivity contribution in [2.45, 2.75) is 32.9 Å². The Morgan fingerprint density at radius 2 is 1.48 bits per heavy atom. The predicted octanol–water partition coefficient (Wildman–Crippen LogP) is 4.32. The molecule has 0 amide bonds. The summed E-state index contributed by atoms with van der Waals surface area (Å²) in [7, 11) is 0. The van der Waals surface area contributed by atoms with Gasteiger partial charge in [0.05, 0.1) is 5.69 Å². The maximum absolute atomic E-state index is 5.03. The van der Waals surface area contributed by atoms with Crippen LogP contribution in [0.5, 0.6) is 0 Å². The average Bonchev–Trinajstić information content (AvgIpc) is 2.94. The van der Waals surface area contributed by atoms with Gasteiger partial charge in [0.25, 0.3) is 0 Å². The highest BCUT2D eigenvalue weighted by molar-refractivity contribution is 6.02. The second kappa shape index (κ2) is 4.85. The Labute approximate surface area is 138 Å². The van der Waals surface area contributed by atoms with Gasteiger partial charge in [-0.2, -0.15) is 5.10 Å². The number of hydrogen-bond donors (Lipinski definition) is 0. The van der Waals surface area contributed by atoms with Gasteiger partial charge < -0.3 is 4.90 Å². The molecule has 1 unspecified atom stereocenters. The van der Waals surface area contributed by atoms with E-state index in [2.05, 4.69) is 91.3 Å². The number of para-hydroxylation sites is 1. The minimum Gasteiger partial charge on any atom is -0.330 e. The summed E-state index contributed by atoms with van der Waals surface area (Å²) in [6.07, 6.45) is 1.09. The molecule has 4 rings (SSSR count). The normalized spacial score (nSPS) is 25.4. The van der Waals surface area contributed by atoms with Gasteiger partial charge in [0.2, 0.25) is 0 Å². The molecule has 0 radical (unpaired) electrons. The SMILES string of the molecule is CC1(C)CN2C(c3ccccc3)=NN(c3ccccc3)C2(C)C1. The van der Waals surface area contributed by atoms with E-state index in [0.717, 1.165) is 24.5 Å². The highest BCUT2D eigenvalue weighted by atomic mass is 15.7. The third kappa shape index (κ3) is 2.23. The van der Waals surface area contributed by atoms with Gasteiger partial charge in [0.15, 0.2) is 5.84 Å². The second-order valence-electron chi connectivity index (χ2n) is 7.58. The average molecular weight is 305 g/mol. The van der Waals surface area contributed by atoms with Crippen molar-refractivity contribution < 1.29 is 0 Å². The van der Waals surface area contributed by atoms with Crippen LogP contribution in [0.1, 0.15) is 32.8 Å². The van der Waals surface area contributed by atoms with Gasteiger partial charge in [-0.1, -0.05) is 62.4 Å². The number of nitrogens with zero attached hydrogens (tertiary/aromatic N) is 3. The Hall–Kier alpha value is -2.29. The number of hydrazone groups is 1. The molecule has 23 heavy (non-hydrogen) atoms. The van der Waals surface area contributed by atoms with Crippen LogP contribution in [-0.2, 0) is 0 Å². The van der Waals surface area contributed by atoms with Gasteiger partial charge >= 0.3 is 0 Å². The lowest BCUT2D eigenvalue weighted by Crippen LogP contribution is -2.49. The van der Waals surface area contributed by atoms with Gasteiger partial charge in [0.1, 0.15) is 5.66 Å². The first-order chi connectivity index (χ1) is 11.0. The van der Waals surface area contributed by atoms with Crippen molar-refractivity contribution in [3.8, 4) is 0 Å². The molecule has 0 spiro atoms. The molecule has 2 aliphatic heterocycles. The highest BCUT2D eigenvalue weighted by Gasteiger charge is 2.55. The lowest BCUT2D eigenvalue weighted by atomic mass is 9.88. The standard InChI is InChI=1S/C20H23N3/c1-19(2)14-20(3)22(15-19)18(16-10-6-4-7-11-16)21-23(20)17-12-8-5-9-13-17/h4-13H,14-15H2,1-3H3. The number of rotatable bonds is 2. The zero-order valence-corrected chi connectivity index (χ0v) is 14.0. The summed E-state index contributed by atoms with van der Waals surface area (Å²) in [6, 6.07) is 21.0. The first kappa shape index (κ1) is 14.3. The third-order valence-electron chi connectivity index (χ3n) is 4.92. The van der Waals surface area contributed by atoms with E-state index in [1.165, 1.54) is 5.56 Å². The number of hydrogen-bond acceptors (Lipinski definition) is 3. The third-order valence-corrected chi connectivity index (χ3v) is 4.92. The van der Waals surface area contributed by atoms with Crippen molar-refractivity contribution in [3.63, 3.8) is 0 Å². The van der Waals surface area contributed by atoms with Crippen LogP contribution in [0.2, 0.25) is 0 Å². The molecule has 0 aliphatic carbocycles. The Balaban J connectivity index is 1.84. The Bertz CT molecular complexity index is 736. The molecule has 118 valence electrons. The summed E-state index contributed by atoms with van der Waals surface area (Å²) in [6.45, 7) is 8.04. The van der Waals surface area contributed by atoms with E-state index in [4.69, 9.17) is 5.10 Å². The smallest absolute Gasteiger partial charge is 0.158 e. The summed E-state index contributed by atoms with van der Waals surface area (Å²) in [5.74, 6) is 1.09. The van der Waals surface area contributed by atoms with Crippen molar-refractivity contribution in [2.75, 3.05) is 11.6 Å². The van der Waals surface area contributed by atoms with Crippen LogP contribution in [0.25, 0.3) is 0 Å². The highest BCUT2D eigenvalue weighted by Crippen LogP contribution is 2.48. The summed E-state index contributed by atoms with van der Waals surface area (Å²) >= 11 is 0. The molecule has 2 aromatic carbocycles. The molecule has 2 aliphatic rings. The van der Waals surface area contributed by atoms with Crippen molar-refractivity contribution in [2.24, 2.45) is 10.5 Å². The van der Waals surface area contributed by atoms with E-state index < -0.39 is 0 Å². The van der Waals surface area contributed by atoms with Gasteiger partial charge in [-0.3, -0.25) is 0 Å². The first-order valence-corrected chi connectivity index (χ1v) is 8.27. The molecular formula is C20H23N3. The van der Waals surface area contributed by atoms with E-state index >= 15 is 0 Å². The fourth-order valence-electron chi connectivity index (χ4n) is 4.11. The number of fused-ring (bicyclic) bond motifs is 1. The van der Waals surface area contributed by atoms with Crippen molar-refractivity contribution in [3.05, 3.63) is 66.2 Å². The van der Waals surface area contributed by atoms with Crippen LogP contribution in [0.4, 0.5) is 5.69 Å². The van der Waals surface area contributed by atoms with E-state index in [1.54, 1.807) is 0 Å². The topological polar surface area (TPSA) is 18.8 Å². The Morgan fingerprint density at radius 1 is 0.870 bits per heavy atom. The van der Waals surface area contributed by atoms with Crippen LogP contribution < -0.4 is 5.01 Å². The van der Waals surface area contributed by atoms with Crippen molar-refractivity contribution in [1.82, 2.24) is 4.90 Å². The predicted molar refractivity (Wildman–Crippen MR) is 95.4 cm³/mol. The van der Waals surface area contributed by atoms with Gasteiger partial charge in [-0.15, -0.1) is 0 Å². The van der Waals surface area contributed by atoms with E-state index in [1.807, 2.05) is 0 Å². The molecule has 0 N–H and O–H groups in total. The fraction of sp³-hybridized carbons (Fsp3) is 0.350. The molecule has 1 fully saturated rings. The van der Waals surface area contributed by atoms with Gasteiger partial charge in [-0.25, -0.2) is 5.01 Å². The maximum atomic E-state index is 5.03. The van der Waals surface area contributed by atoms with Gasteiger partial charge in [0, 0.05) is 12.1 Å². The van der Waals surface area contributed by atoms with Crippen LogP contribution in [0, 0.1) is 5.41 Å². The molecule has 3 nitrogen and oxygen atoms in total. The molecule has 1 saturated heterocycles. The molecule has 0 bridgehead atoms. The number of amidine groups is 1. The van der Waals surface area contributed by atoms with Crippen LogP contribution >= 0.6 is 0 Å². The summed E-state index contributed by atoms with van der Waals surface area (Å²) in [5.41, 5.74) is 2.52. The number of anilines is 1. The minimum atomic E-state index is -0.101. The quantitative estimate of drug-likeness (QED) is 0.823. The summed E-state index contributed by atoms with van der Waals surface area (Å²) in [4.78, 5) is 2.48. The van der Waals surface area contributed by atoms with Crippen LogP contribution in [0.15, 0.2) is 65.8 Å². The zero-order chi connectivity index (χ0) is 16.1. The largest absolute Gasteiger partial charge is 0.330 e. The number of benzene rings is 2. The molecule has 2 heterocycles. The molecule has 0 saturated carbocycles. The molecule has 1 atom stereocenters. The van der Waals surface area contributed by atoms with Crippen molar-refractivity contribution in [1.29, 1.82) is 0 Å². The Morgan fingerprint density at radius 3 is 2.13 bits per heavy atom. The molecular weight excluding hydrogens is 282 g/mol. The molecule has 0 aromatic heterocycles. The lowest BCUT2D eigenvalue weighted by Gasteiger charge is -2.36. The maximum Gasteiger partial charge on any atom is 0.158 e. The fourth-order valence-corrected chi connectivity index (χ4v) is 4.11. The van der Waals surface area contributed by atoms with Crippen molar-refractivity contribution >= 4 is 11.5 Å². The molecule has 3 heteroatoms. The zero-order valence-electron chi connectivity index (χ0n) is 14.0. The summed E-state index contributed by atoms with van der Waals surface area (Å²) in [5, 5.41) is 7.24. The van der Waals surface area contributed by atoms with E-state index in [-0.39, 0.29) is 11.1 Å². The van der Waals surface area contributed by atoms with Gasteiger partial charge in [-0.05, 0) is 30.9 Å². The minimum absolute atomic E-state index is 0.101. The molecule has 2 aromatic rings. The van der Waals surface area contributed by atoms with Crippen LogP contribution in [0.3, 0.4) is 0 Å². The second-order valence-corrected chi connectivity index (χ2v) is 7.58. The van der Waals surface area contributed by atoms with Crippen LogP contribution in [-0.4, -0.2) is 22.9 Å². The Kier molecular flexibility index (Phi) is 3.02. The van der Waals surface area contributed by atoms with E-state index in [9.17, 15) is 0 Å². The summed E-state index contributed by atoms with van der Waals surface area (Å²) < 4.78 is 0. The lowest BCUT2D eigenvalue weighted by molar-refractivity contribution is 0.272. The monoisotopic (exact) mass is 305 g/mol.